The molecule has 0 saturated heterocycles. The van der Waals surface area contributed by atoms with Gasteiger partial charge in [0.25, 0.3) is 17.4 Å². The van der Waals surface area contributed by atoms with Crippen LogP contribution in [0.15, 0.2) is 41.3 Å². The van der Waals surface area contributed by atoms with Gasteiger partial charge in [-0.05, 0) is 23.1 Å². The van der Waals surface area contributed by atoms with Crippen LogP contribution in [0, 0.1) is 0 Å². The zero-order valence-corrected chi connectivity index (χ0v) is 17.4. The van der Waals surface area contributed by atoms with Crippen molar-refractivity contribution in [3.63, 3.8) is 0 Å². The molecule has 1 aromatic heterocycles. The molecule has 164 valence electrons. The average Bonchev–Trinajstić information content (AvgIpc) is 2.72. The molecule has 31 heavy (non-hydrogen) atoms. The smallest absolute Gasteiger partial charge is 0.264 e. The number of fused-ring (bicyclic) bond motifs is 1. The predicted octanol–water partition coefficient (Wildman–Crippen LogP) is 2.72. The van der Waals surface area contributed by atoms with Crippen LogP contribution >= 0.6 is 0 Å². The third kappa shape index (κ3) is 4.38. The summed E-state index contributed by atoms with van der Waals surface area (Å²) in [5.41, 5.74) is 1.81. The molecule has 4 rings (SSSR count). The van der Waals surface area contributed by atoms with Crippen LogP contribution in [0.25, 0.3) is 0 Å². The molecule has 0 atom stereocenters. The molecule has 1 saturated carbocycles. The second-order valence-electron chi connectivity index (χ2n) is 8.28. The second-order valence-corrected chi connectivity index (χ2v) is 8.28. The van der Waals surface area contributed by atoms with E-state index in [-0.39, 0.29) is 18.0 Å². The number of hydrogen-bond donors (Lipinski definition) is 1. The molecule has 8 heteroatoms. The molecular formula is C23H25F2N3O3. The SMILES string of the molecule is CCC(=O)N1CCc2c(cn(Cc3ccccc3)c(=O)c2C(=O)NC2CC(F)(F)C2)C1. The van der Waals surface area contributed by atoms with Gasteiger partial charge in [0.2, 0.25) is 5.91 Å². The molecule has 0 bridgehead atoms. The minimum absolute atomic E-state index is 0.00671. The Labute approximate surface area is 178 Å². The molecule has 2 heterocycles. The number of rotatable bonds is 5. The highest BCUT2D eigenvalue weighted by atomic mass is 19.3. The third-order valence-corrected chi connectivity index (χ3v) is 5.97. The summed E-state index contributed by atoms with van der Waals surface area (Å²) in [5, 5.41) is 2.60. The van der Waals surface area contributed by atoms with E-state index >= 15 is 0 Å². The fourth-order valence-electron chi connectivity index (χ4n) is 4.30. The summed E-state index contributed by atoms with van der Waals surface area (Å²) >= 11 is 0. The van der Waals surface area contributed by atoms with Crippen molar-refractivity contribution in [2.24, 2.45) is 0 Å². The predicted molar refractivity (Wildman–Crippen MR) is 111 cm³/mol. The number of pyridine rings is 1. The Hall–Kier alpha value is -3.03. The van der Waals surface area contributed by atoms with E-state index in [4.69, 9.17) is 0 Å². The van der Waals surface area contributed by atoms with E-state index in [0.717, 1.165) is 11.1 Å². The van der Waals surface area contributed by atoms with Crippen LogP contribution < -0.4 is 10.9 Å². The number of benzene rings is 1. The van der Waals surface area contributed by atoms with Crippen LogP contribution in [0.4, 0.5) is 8.78 Å². The molecule has 2 amide bonds. The van der Waals surface area contributed by atoms with Crippen molar-refractivity contribution >= 4 is 11.8 Å². The summed E-state index contributed by atoms with van der Waals surface area (Å²) in [6.45, 7) is 2.81. The van der Waals surface area contributed by atoms with Crippen molar-refractivity contribution in [3.05, 3.63) is 69.1 Å². The van der Waals surface area contributed by atoms with Crippen molar-refractivity contribution < 1.29 is 18.4 Å². The van der Waals surface area contributed by atoms with E-state index in [9.17, 15) is 23.2 Å². The maximum absolute atomic E-state index is 13.2. The largest absolute Gasteiger partial charge is 0.349 e. The fourth-order valence-corrected chi connectivity index (χ4v) is 4.30. The molecule has 1 N–H and O–H groups in total. The first-order valence-corrected chi connectivity index (χ1v) is 10.5. The van der Waals surface area contributed by atoms with Gasteiger partial charge in [-0.3, -0.25) is 14.4 Å². The Kier molecular flexibility index (Phi) is 5.64. The van der Waals surface area contributed by atoms with Crippen molar-refractivity contribution in [1.82, 2.24) is 14.8 Å². The van der Waals surface area contributed by atoms with Gasteiger partial charge in [0.15, 0.2) is 0 Å². The lowest BCUT2D eigenvalue weighted by Crippen LogP contribution is -2.52. The topological polar surface area (TPSA) is 71.4 Å². The molecule has 2 aliphatic rings. The molecule has 6 nitrogen and oxygen atoms in total. The molecule has 0 spiro atoms. The quantitative estimate of drug-likeness (QED) is 0.795. The van der Waals surface area contributed by atoms with Crippen molar-refractivity contribution in [2.75, 3.05) is 6.54 Å². The van der Waals surface area contributed by atoms with Crippen molar-refractivity contribution in [1.29, 1.82) is 0 Å². The fraction of sp³-hybridized carbons (Fsp3) is 0.435. The number of alkyl halides is 2. The van der Waals surface area contributed by atoms with Crippen LogP contribution in [0.2, 0.25) is 0 Å². The number of nitrogens with zero attached hydrogens (tertiary/aromatic N) is 2. The maximum Gasteiger partial charge on any atom is 0.264 e. The van der Waals surface area contributed by atoms with Crippen LogP contribution in [0.1, 0.15) is 53.2 Å². The lowest BCUT2D eigenvalue weighted by molar-refractivity contribution is -0.131. The summed E-state index contributed by atoms with van der Waals surface area (Å²) < 4.78 is 27.9. The Balaban J connectivity index is 1.70. The van der Waals surface area contributed by atoms with Crippen LogP contribution in [-0.2, 0) is 24.3 Å². The average molecular weight is 429 g/mol. The normalized spacial score (nSPS) is 17.6. The standard InChI is InChI=1S/C23H25F2N3O3/c1-2-19(29)27-9-8-18-16(13-27)14-28(12-15-6-4-3-5-7-15)22(31)20(18)21(30)26-17-10-23(24,25)11-17/h3-7,14,17H,2,8-13H2,1H3,(H,26,30). The zero-order chi connectivity index (χ0) is 22.2. The Bertz CT molecular complexity index is 1060. The van der Waals surface area contributed by atoms with Gasteiger partial charge < -0.3 is 14.8 Å². The minimum Gasteiger partial charge on any atom is -0.349 e. The first-order chi connectivity index (χ1) is 14.8. The minimum atomic E-state index is -2.76. The Morgan fingerprint density at radius 2 is 1.90 bits per heavy atom. The number of carbonyl (C=O) groups excluding carboxylic acids is 2. The first kappa shape index (κ1) is 21.2. The maximum atomic E-state index is 13.2. The third-order valence-electron chi connectivity index (χ3n) is 5.97. The highest BCUT2D eigenvalue weighted by Gasteiger charge is 2.46. The summed E-state index contributed by atoms with van der Waals surface area (Å²) in [7, 11) is 0. The van der Waals surface area contributed by atoms with Gasteiger partial charge in [0.05, 0.1) is 6.54 Å². The molecule has 1 aromatic carbocycles. The number of nitrogens with one attached hydrogen (secondary N) is 1. The van der Waals surface area contributed by atoms with E-state index < -0.39 is 36.3 Å². The molecule has 1 aliphatic heterocycles. The van der Waals surface area contributed by atoms with Crippen LogP contribution in [-0.4, -0.2) is 39.8 Å². The molecule has 2 aromatic rings. The summed E-state index contributed by atoms with van der Waals surface area (Å²) in [4.78, 5) is 40.1. The van der Waals surface area contributed by atoms with E-state index in [1.807, 2.05) is 30.3 Å². The van der Waals surface area contributed by atoms with Crippen LogP contribution in [0.3, 0.4) is 0 Å². The number of carbonyl (C=O) groups is 2. The van der Waals surface area contributed by atoms with E-state index in [1.54, 1.807) is 18.0 Å². The Morgan fingerprint density at radius 1 is 1.19 bits per heavy atom. The number of halogens is 2. The molecule has 1 aliphatic carbocycles. The second kappa shape index (κ2) is 8.24. The van der Waals surface area contributed by atoms with Gasteiger partial charge in [0, 0.05) is 44.6 Å². The lowest BCUT2D eigenvalue weighted by Gasteiger charge is -2.35. The summed E-state index contributed by atoms with van der Waals surface area (Å²) in [6, 6.07) is 8.74. The molecular weight excluding hydrogens is 404 g/mol. The van der Waals surface area contributed by atoms with Crippen LogP contribution in [0.5, 0.6) is 0 Å². The van der Waals surface area contributed by atoms with Crippen molar-refractivity contribution in [2.45, 2.75) is 57.7 Å². The highest BCUT2D eigenvalue weighted by molar-refractivity contribution is 5.96. The number of hydrogen-bond acceptors (Lipinski definition) is 3. The monoisotopic (exact) mass is 429 g/mol. The number of aromatic nitrogens is 1. The first-order valence-electron chi connectivity index (χ1n) is 10.5. The van der Waals surface area contributed by atoms with E-state index in [1.165, 1.54) is 4.57 Å². The Morgan fingerprint density at radius 3 is 2.55 bits per heavy atom. The summed E-state index contributed by atoms with van der Waals surface area (Å²) in [5.74, 6) is -3.36. The van der Waals surface area contributed by atoms with Gasteiger partial charge in [0.1, 0.15) is 5.56 Å². The van der Waals surface area contributed by atoms with E-state index in [0.29, 0.717) is 31.5 Å². The van der Waals surface area contributed by atoms with Gasteiger partial charge >= 0.3 is 0 Å². The lowest BCUT2D eigenvalue weighted by atomic mass is 9.87. The number of amides is 2. The molecule has 0 radical (unpaired) electrons. The van der Waals surface area contributed by atoms with Crippen molar-refractivity contribution in [3.8, 4) is 0 Å². The molecule has 1 fully saturated rings. The summed E-state index contributed by atoms with van der Waals surface area (Å²) in [6.07, 6.45) is 1.65. The van der Waals surface area contributed by atoms with Gasteiger partial charge in [-0.25, -0.2) is 8.78 Å². The highest BCUT2D eigenvalue weighted by Crippen LogP contribution is 2.37. The van der Waals surface area contributed by atoms with Gasteiger partial charge in [-0.15, -0.1) is 0 Å². The molecule has 0 unspecified atom stereocenters. The van der Waals surface area contributed by atoms with Gasteiger partial charge in [-0.1, -0.05) is 37.3 Å². The van der Waals surface area contributed by atoms with E-state index in [2.05, 4.69) is 5.32 Å². The van der Waals surface area contributed by atoms with Gasteiger partial charge in [-0.2, -0.15) is 0 Å². The zero-order valence-electron chi connectivity index (χ0n) is 17.4.